The van der Waals surface area contributed by atoms with Crippen LogP contribution in [0, 0.1) is 17.1 Å². The van der Waals surface area contributed by atoms with Gasteiger partial charge in [-0.05, 0) is 48.6 Å². The van der Waals surface area contributed by atoms with E-state index in [1.165, 1.54) is 17.0 Å². The molecule has 1 N–H and O–H groups in total. The number of phenolic OH excluding ortho intramolecular Hbond substituents is 1. The molecule has 0 atom stereocenters. The first-order valence-corrected chi connectivity index (χ1v) is 11.2. The van der Waals surface area contributed by atoms with Gasteiger partial charge in [0, 0.05) is 43.3 Å². The van der Waals surface area contributed by atoms with Crippen molar-refractivity contribution in [3.8, 4) is 11.8 Å². The van der Waals surface area contributed by atoms with E-state index in [2.05, 4.69) is 11.1 Å². The molecule has 2 amide bonds. The first kappa shape index (κ1) is 21.8. The van der Waals surface area contributed by atoms with E-state index in [0.717, 1.165) is 24.0 Å². The van der Waals surface area contributed by atoms with Crippen LogP contribution < -0.4 is 0 Å². The Labute approximate surface area is 196 Å². The predicted octanol–water partition coefficient (Wildman–Crippen LogP) is 3.77. The zero-order valence-corrected chi connectivity index (χ0v) is 18.7. The number of benzene rings is 2. The lowest BCUT2D eigenvalue weighted by Gasteiger charge is -2.24. The van der Waals surface area contributed by atoms with Gasteiger partial charge in [0.2, 0.25) is 0 Å². The molecule has 2 heterocycles. The van der Waals surface area contributed by atoms with Crippen molar-refractivity contribution in [2.75, 3.05) is 13.6 Å². The quantitative estimate of drug-likeness (QED) is 0.606. The maximum Gasteiger partial charge on any atom is 0.258 e. The minimum atomic E-state index is -0.351. The Morgan fingerprint density at radius 1 is 1.29 bits per heavy atom. The van der Waals surface area contributed by atoms with E-state index < -0.39 is 0 Å². The van der Waals surface area contributed by atoms with Gasteiger partial charge in [-0.3, -0.25) is 14.6 Å². The van der Waals surface area contributed by atoms with Crippen molar-refractivity contribution < 1.29 is 19.1 Å². The van der Waals surface area contributed by atoms with E-state index in [-0.39, 0.29) is 53.5 Å². The highest BCUT2D eigenvalue weighted by atomic mass is 19.1. The molecule has 0 bridgehead atoms. The first-order valence-electron chi connectivity index (χ1n) is 11.2. The summed E-state index contributed by atoms with van der Waals surface area (Å²) in [5, 5.41) is 20.5. The minimum Gasteiger partial charge on any atom is -0.505 e. The number of fused-ring (bicyclic) bond motifs is 2. The van der Waals surface area contributed by atoms with Crippen molar-refractivity contribution in [2.45, 2.75) is 38.3 Å². The molecule has 1 aliphatic heterocycles. The molecule has 0 radical (unpaired) electrons. The van der Waals surface area contributed by atoms with E-state index in [1.54, 1.807) is 30.3 Å². The third-order valence-corrected chi connectivity index (χ3v) is 6.48. The van der Waals surface area contributed by atoms with Crippen LogP contribution in [0.5, 0.6) is 5.75 Å². The number of amides is 2. The topological polar surface area (TPSA) is 97.5 Å². The summed E-state index contributed by atoms with van der Waals surface area (Å²) in [4.78, 5) is 34.3. The van der Waals surface area contributed by atoms with Gasteiger partial charge in [-0.15, -0.1) is 0 Å². The van der Waals surface area contributed by atoms with Crippen molar-refractivity contribution in [1.82, 2.24) is 14.8 Å². The second-order valence-electron chi connectivity index (χ2n) is 8.92. The van der Waals surface area contributed by atoms with Crippen molar-refractivity contribution in [2.24, 2.45) is 0 Å². The standard InChI is InChI=1S/C26H23FN4O3/c1-30-14-20-21(26(34)31(10-2-9-28)18-7-8-18)19-12-16(11-15-3-5-17(27)6-4-15)13-29-23(19)24(32)22(20)25(30)33/h3-6,12-13,18,32H,2,7-8,10-11,14H2,1H3. The number of phenols is 1. The van der Waals surface area contributed by atoms with Crippen molar-refractivity contribution in [1.29, 1.82) is 5.26 Å². The maximum absolute atomic E-state index is 13.9. The summed E-state index contributed by atoms with van der Waals surface area (Å²) in [6, 6.07) is 10.2. The summed E-state index contributed by atoms with van der Waals surface area (Å²) in [5.41, 5.74) is 2.84. The lowest BCUT2D eigenvalue weighted by molar-refractivity contribution is 0.0745. The number of nitrogens with zero attached hydrogens (tertiary/aromatic N) is 4. The molecule has 8 heteroatoms. The molecule has 0 unspecified atom stereocenters. The first-order chi connectivity index (χ1) is 16.4. The Balaban J connectivity index is 1.67. The number of carbonyl (C=O) groups is 2. The second kappa shape index (κ2) is 8.41. The van der Waals surface area contributed by atoms with Gasteiger partial charge in [-0.2, -0.15) is 5.26 Å². The zero-order valence-electron chi connectivity index (χ0n) is 18.7. The Bertz CT molecular complexity index is 1360. The Morgan fingerprint density at radius 2 is 2.03 bits per heavy atom. The van der Waals surface area contributed by atoms with Gasteiger partial charge in [-0.25, -0.2) is 4.39 Å². The van der Waals surface area contributed by atoms with Gasteiger partial charge < -0.3 is 14.9 Å². The second-order valence-corrected chi connectivity index (χ2v) is 8.92. The van der Waals surface area contributed by atoms with Crippen LogP contribution in [0.2, 0.25) is 0 Å². The number of carbonyl (C=O) groups excluding carboxylic acids is 2. The summed E-state index contributed by atoms with van der Waals surface area (Å²) < 4.78 is 13.3. The number of hydrogen-bond donors (Lipinski definition) is 1. The van der Waals surface area contributed by atoms with Crippen molar-refractivity contribution in [3.63, 3.8) is 0 Å². The van der Waals surface area contributed by atoms with Crippen LogP contribution in [-0.4, -0.2) is 51.3 Å². The molecule has 172 valence electrons. The zero-order chi connectivity index (χ0) is 24.0. The SMILES string of the molecule is CN1Cc2c(c(O)c3ncc(Cc4ccc(F)cc4)cc3c2C(=O)N(CCC#N)C2CC2)C1=O. The number of aromatic hydroxyl groups is 1. The molecular formula is C26H23FN4O3. The number of nitriles is 1. The van der Waals surface area contributed by atoms with Crippen LogP contribution in [0.25, 0.3) is 10.9 Å². The van der Waals surface area contributed by atoms with Crippen molar-refractivity contribution >= 4 is 22.7 Å². The molecule has 0 spiro atoms. The Hall–Kier alpha value is -3.99. The van der Waals surface area contributed by atoms with E-state index in [4.69, 9.17) is 5.26 Å². The monoisotopic (exact) mass is 458 g/mol. The third-order valence-electron chi connectivity index (χ3n) is 6.48. The third kappa shape index (κ3) is 3.73. The molecule has 3 aromatic rings. The molecule has 1 fully saturated rings. The van der Waals surface area contributed by atoms with E-state index in [1.807, 2.05) is 6.07 Å². The summed E-state index contributed by atoms with van der Waals surface area (Å²) in [7, 11) is 1.63. The average Bonchev–Trinajstić information content (AvgIpc) is 3.61. The molecule has 1 saturated carbocycles. The Morgan fingerprint density at radius 3 is 2.71 bits per heavy atom. The molecule has 7 nitrogen and oxygen atoms in total. The van der Waals surface area contributed by atoms with E-state index in [9.17, 15) is 19.1 Å². The van der Waals surface area contributed by atoms with Gasteiger partial charge in [0.1, 0.15) is 11.3 Å². The summed E-state index contributed by atoms with van der Waals surface area (Å²) in [6.07, 6.45) is 4.04. The summed E-state index contributed by atoms with van der Waals surface area (Å²) >= 11 is 0. The Kier molecular flexibility index (Phi) is 5.40. The number of pyridine rings is 1. The molecule has 0 saturated heterocycles. The molecule has 34 heavy (non-hydrogen) atoms. The fourth-order valence-corrected chi connectivity index (χ4v) is 4.65. The predicted molar refractivity (Wildman–Crippen MR) is 123 cm³/mol. The minimum absolute atomic E-state index is 0.0746. The van der Waals surface area contributed by atoms with Crippen LogP contribution >= 0.6 is 0 Å². The van der Waals surface area contributed by atoms with Gasteiger partial charge >= 0.3 is 0 Å². The summed E-state index contributed by atoms with van der Waals surface area (Å²) in [5.74, 6) is -1.14. The molecule has 5 rings (SSSR count). The van der Waals surface area contributed by atoms with Crippen LogP contribution in [0.1, 0.15) is 56.7 Å². The van der Waals surface area contributed by atoms with E-state index >= 15 is 0 Å². The van der Waals surface area contributed by atoms with Gasteiger partial charge in [0.05, 0.1) is 23.6 Å². The van der Waals surface area contributed by atoms with Crippen molar-refractivity contribution in [3.05, 3.63) is 70.2 Å². The lowest BCUT2D eigenvalue weighted by atomic mass is 9.94. The average molecular weight is 458 g/mol. The normalized spacial score (nSPS) is 14.9. The molecule has 1 aliphatic carbocycles. The highest BCUT2D eigenvalue weighted by Gasteiger charge is 2.39. The smallest absolute Gasteiger partial charge is 0.258 e. The van der Waals surface area contributed by atoms with Crippen LogP contribution in [0.3, 0.4) is 0 Å². The number of aromatic nitrogens is 1. The van der Waals surface area contributed by atoms with Gasteiger partial charge in [0.25, 0.3) is 11.8 Å². The van der Waals surface area contributed by atoms with Crippen LogP contribution in [-0.2, 0) is 13.0 Å². The van der Waals surface area contributed by atoms with Gasteiger partial charge in [-0.1, -0.05) is 12.1 Å². The lowest BCUT2D eigenvalue weighted by Crippen LogP contribution is -2.34. The number of rotatable bonds is 6. The maximum atomic E-state index is 13.9. The fraction of sp³-hybridized carbons (Fsp3) is 0.308. The summed E-state index contributed by atoms with van der Waals surface area (Å²) in [6.45, 7) is 0.515. The molecular weight excluding hydrogens is 435 g/mol. The fourth-order valence-electron chi connectivity index (χ4n) is 4.65. The van der Waals surface area contributed by atoms with Gasteiger partial charge in [0.15, 0.2) is 5.75 Å². The number of hydrogen-bond acceptors (Lipinski definition) is 5. The molecule has 2 aliphatic rings. The highest BCUT2D eigenvalue weighted by molar-refractivity contribution is 6.16. The highest BCUT2D eigenvalue weighted by Crippen LogP contribution is 2.41. The molecule has 2 aromatic carbocycles. The van der Waals surface area contributed by atoms with Crippen LogP contribution in [0.15, 0.2) is 36.5 Å². The number of halogens is 1. The van der Waals surface area contributed by atoms with E-state index in [0.29, 0.717) is 29.5 Å². The molecule has 1 aromatic heterocycles. The largest absolute Gasteiger partial charge is 0.505 e. The van der Waals surface area contributed by atoms with Crippen LogP contribution in [0.4, 0.5) is 4.39 Å².